The molecule has 2 aromatic rings. The summed E-state index contributed by atoms with van der Waals surface area (Å²) in [5.74, 6) is -1.17. The molecule has 2 aromatic carbocycles. The summed E-state index contributed by atoms with van der Waals surface area (Å²) in [5.41, 5.74) is 3.79. The molecule has 0 aromatic heterocycles. The maximum absolute atomic E-state index is 12.1. The Hall–Kier alpha value is -2.62. The lowest BCUT2D eigenvalue weighted by atomic mass is 10.0. The van der Waals surface area contributed by atoms with E-state index in [1.807, 2.05) is 32.0 Å². The number of carbonyl (C=O) groups excluding carboxylic acids is 1. The number of anilines is 1. The molecule has 108 valence electrons. The number of carbonyl (C=O) groups is 2. The van der Waals surface area contributed by atoms with Gasteiger partial charge in [-0.05, 0) is 43.2 Å². The Morgan fingerprint density at radius 2 is 1.86 bits per heavy atom. The zero-order valence-corrected chi connectivity index (χ0v) is 12.0. The van der Waals surface area contributed by atoms with Gasteiger partial charge in [-0.2, -0.15) is 0 Å². The smallest absolute Gasteiger partial charge is 0.335 e. The van der Waals surface area contributed by atoms with Crippen molar-refractivity contribution in [3.8, 4) is 0 Å². The van der Waals surface area contributed by atoms with Crippen LogP contribution in [0.1, 0.15) is 27.0 Å². The summed E-state index contributed by atoms with van der Waals surface area (Å²) in [4.78, 5) is 23.0. The summed E-state index contributed by atoms with van der Waals surface area (Å²) in [6, 6.07) is 12.2. The number of aryl methyl sites for hydroxylation is 2. The summed E-state index contributed by atoms with van der Waals surface area (Å²) in [6.07, 6.45) is 0.269. The van der Waals surface area contributed by atoms with Crippen LogP contribution in [0.15, 0.2) is 42.5 Å². The van der Waals surface area contributed by atoms with Gasteiger partial charge in [0.05, 0.1) is 12.0 Å². The van der Waals surface area contributed by atoms with E-state index in [0.717, 1.165) is 16.7 Å². The summed E-state index contributed by atoms with van der Waals surface area (Å²) >= 11 is 0. The Labute approximate surface area is 123 Å². The van der Waals surface area contributed by atoms with Crippen LogP contribution in [0.4, 0.5) is 5.69 Å². The van der Waals surface area contributed by atoms with Gasteiger partial charge in [-0.15, -0.1) is 0 Å². The number of aromatic carboxylic acids is 1. The molecule has 0 aliphatic rings. The van der Waals surface area contributed by atoms with Crippen LogP contribution in [0.25, 0.3) is 0 Å². The molecule has 2 rings (SSSR count). The van der Waals surface area contributed by atoms with Crippen LogP contribution in [-0.4, -0.2) is 17.0 Å². The lowest BCUT2D eigenvalue weighted by Gasteiger charge is -2.09. The Kier molecular flexibility index (Phi) is 4.38. The van der Waals surface area contributed by atoms with E-state index in [1.165, 1.54) is 12.1 Å². The molecule has 0 saturated heterocycles. The molecule has 0 atom stereocenters. The molecule has 0 fully saturated rings. The van der Waals surface area contributed by atoms with Gasteiger partial charge in [0.1, 0.15) is 0 Å². The van der Waals surface area contributed by atoms with Crippen LogP contribution in [0, 0.1) is 13.8 Å². The van der Waals surface area contributed by atoms with Crippen LogP contribution in [0.3, 0.4) is 0 Å². The van der Waals surface area contributed by atoms with Crippen molar-refractivity contribution in [2.24, 2.45) is 0 Å². The van der Waals surface area contributed by atoms with Crippen LogP contribution < -0.4 is 5.32 Å². The number of hydrogen-bond donors (Lipinski definition) is 2. The van der Waals surface area contributed by atoms with Crippen molar-refractivity contribution < 1.29 is 14.7 Å². The third-order valence-corrected chi connectivity index (χ3v) is 3.25. The van der Waals surface area contributed by atoms with Gasteiger partial charge in [-0.1, -0.05) is 29.8 Å². The van der Waals surface area contributed by atoms with Crippen molar-refractivity contribution in [3.63, 3.8) is 0 Å². The number of benzene rings is 2. The van der Waals surface area contributed by atoms with E-state index in [0.29, 0.717) is 5.69 Å². The van der Waals surface area contributed by atoms with Gasteiger partial charge < -0.3 is 10.4 Å². The lowest BCUT2D eigenvalue weighted by Crippen LogP contribution is -2.15. The molecule has 0 radical (unpaired) electrons. The minimum atomic E-state index is -1.01. The lowest BCUT2D eigenvalue weighted by molar-refractivity contribution is -0.115. The van der Waals surface area contributed by atoms with Gasteiger partial charge in [0.15, 0.2) is 0 Å². The van der Waals surface area contributed by atoms with Crippen LogP contribution >= 0.6 is 0 Å². The average Bonchev–Trinajstić information content (AvgIpc) is 2.43. The van der Waals surface area contributed by atoms with Crippen molar-refractivity contribution in [3.05, 3.63) is 64.7 Å². The van der Waals surface area contributed by atoms with E-state index >= 15 is 0 Å². The molecular formula is C17H17NO3. The van der Waals surface area contributed by atoms with E-state index in [1.54, 1.807) is 12.1 Å². The maximum atomic E-state index is 12.1. The van der Waals surface area contributed by atoms with E-state index in [9.17, 15) is 9.59 Å². The number of nitrogens with one attached hydrogen (secondary N) is 1. The van der Waals surface area contributed by atoms with Gasteiger partial charge in [-0.3, -0.25) is 4.79 Å². The van der Waals surface area contributed by atoms with Crippen molar-refractivity contribution >= 4 is 17.6 Å². The molecule has 21 heavy (non-hydrogen) atoms. The highest BCUT2D eigenvalue weighted by atomic mass is 16.4. The summed E-state index contributed by atoms with van der Waals surface area (Å²) in [6.45, 7) is 3.95. The first-order valence-electron chi connectivity index (χ1n) is 6.65. The Morgan fingerprint density at radius 1 is 1.10 bits per heavy atom. The fraction of sp³-hybridized carbons (Fsp3) is 0.176. The van der Waals surface area contributed by atoms with Gasteiger partial charge in [0.25, 0.3) is 0 Å². The molecule has 1 amide bonds. The first kappa shape index (κ1) is 14.8. The monoisotopic (exact) mass is 283 g/mol. The van der Waals surface area contributed by atoms with Crippen molar-refractivity contribution in [2.75, 3.05) is 5.32 Å². The number of carboxylic acids is 1. The molecule has 4 nitrogen and oxygen atoms in total. The van der Waals surface area contributed by atoms with Crippen LogP contribution in [0.5, 0.6) is 0 Å². The first-order valence-corrected chi connectivity index (χ1v) is 6.65. The minimum Gasteiger partial charge on any atom is -0.478 e. The second kappa shape index (κ2) is 6.22. The van der Waals surface area contributed by atoms with Gasteiger partial charge in [0, 0.05) is 5.69 Å². The molecule has 0 unspecified atom stereocenters. The van der Waals surface area contributed by atoms with Gasteiger partial charge in [0.2, 0.25) is 5.91 Å². The largest absolute Gasteiger partial charge is 0.478 e. The average molecular weight is 283 g/mol. The van der Waals surface area contributed by atoms with Crippen molar-refractivity contribution in [1.29, 1.82) is 0 Å². The van der Waals surface area contributed by atoms with Crippen molar-refractivity contribution in [2.45, 2.75) is 20.3 Å². The van der Waals surface area contributed by atoms with Crippen LogP contribution in [0.2, 0.25) is 0 Å². The SMILES string of the molecule is Cc1ccc(C)c(CC(=O)Nc2cccc(C(=O)O)c2)c1. The van der Waals surface area contributed by atoms with Gasteiger partial charge >= 0.3 is 5.97 Å². The molecule has 0 heterocycles. The summed E-state index contributed by atoms with van der Waals surface area (Å²) in [5, 5.41) is 11.7. The molecule has 4 heteroatoms. The van der Waals surface area contributed by atoms with Crippen molar-refractivity contribution in [1.82, 2.24) is 0 Å². The van der Waals surface area contributed by atoms with E-state index in [2.05, 4.69) is 5.32 Å². The fourth-order valence-electron chi connectivity index (χ4n) is 2.10. The highest BCUT2D eigenvalue weighted by molar-refractivity contribution is 5.94. The minimum absolute atomic E-state index is 0.152. The van der Waals surface area contributed by atoms with E-state index < -0.39 is 5.97 Å². The van der Waals surface area contributed by atoms with Gasteiger partial charge in [-0.25, -0.2) is 4.79 Å². The highest BCUT2D eigenvalue weighted by Crippen LogP contribution is 2.14. The second-order valence-electron chi connectivity index (χ2n) is 5.04. The predicted octanol–water partition coefficient (Wildman–Crippen LogP) is 3.18. The molecule has 0 aliphatic carbocycles. The van der Waals surface area contributed by atoms with E-state index in [-0.39, 0.29) is 17.9 Å². The molecular weight excluding hydrogens is 266 g/mol. The number of rotatable bonds is 4. The number of carboxylic acid groups (broad SMARTS) is 1. The fourth-order valence-corrected chi connectivity index (χ4v) is 2.10. The standard InChI is InChI=1S/C17H17NO3/c1-11-6-7-12(2)14(8-11)10-16(19)18-15-5-3-4-13(9-15)17(20)21/h3-9H,10H2,1-2H3,(H,18,19)(H,20,21). The zero-order valence-electron chi connectivity index (χ0n) is 12.0. The molecule has 0 bridgehead atoms. The summed E-state index contributed by atoms with van der Waals surface area (Å²) < 4.78 is 0. The van der Waals surface area contributed by atoms with E-state index in [4.69, 9.17) is 5.11 Å². The number of hydrogen-bond acceptors (Lipinski definition) is 2. The molecule has 0 saturated carbocycles. The van der Waals surface area contributed by atoms with Crippen LogP contribution in [-0.2, 0) is 11.2 Å². The Balaban J connectivity index is 2.10. The summed E-state index contributed by atoms with van der Waals surface area (Å²) in [7, 11) is 0. The molecule has 2 N–H and O–H groups in total. The Bertz CT molecular complexity index is 692. The molecule has 0 spiro atoms. The predicted molar refractivity (Wildman–Crippen MR) is 81.7 cm³/mol. The number of amides is 1. The quantitative estimate of drug-likeness (QED) is 0.905. The highest BCUT2D eigenvalue weighted by Gasteiger charge is 2.08. The maximum Gasteiger partial charge on any atom is 0.335 e. The molecule has 0 aliphatic heterocycles. The first-order chi connectivity index (χ1) is 9.95. The zero-order chi connectivity index (χ0) is 15.4. The topological polar surface area (TPSA) is 66.4 Å². The third-order valence-electron chi connectivity index (χ3n) is 3.25. The normalized spacial score (nSPS) is 10.2. The second-order valence-corrected chi connectivity index (χ2v) is 5.04. The Morgan fingerprint density at radius 3 is 2.57 bits per heavy atom. The third kappa shape index (κ3) is 3.92.